The van der Waals surface area contributed by atoms with Crippen LogP contribution in [0.4, 0.5) is 11.4 Å². The third-order valence-electron chi connectivity index (χ3n) is 13.0. The lowest BCUT2D eigenvalue weighted by Crippen LogP contribution is -2.45. The van der Waals surface area contributed by atoms with Crippen LogP contribution in [0.15, 0.2) is 24.3 Å². The average molecular weight is 723 g/mol. The maximum absolute atomic E-state index is 10.5. The van der Waals surface area contributed by atoms with E-state index in [1.54, 1.807) is 0 Å². The van der Waals surface area contributed by atoms with Gasteiger partial charge in [-0.05, 0) is 108 Å². The van der Waals surface area contributed by atoms with Gasteiger partial charge in [-0.15, -0.1) is 0 Å². The first-order valence-electron chi connectivity index (χ1n) is 20.1. The van der Waals surface area contributed by atoms with Crippen LogP contribution >= 0.6 is 0 Å². The van der Waals surface area contributed by atoms with Crippen molar-refractivity contribution in [2.75, 3.05) is 49.2 Å². The van der Waals surface area contributed by atoms with Crippen molar-refractivity contribution >= 4 is 35.7 Å². The smallest absolute Gasteiger partial charge is 0.132 e. The van der Waals surface area contributed by atoms with E-state index in [2.05, 4.69) is 102 Å². The van der Waals surface area contributed by atoms with Crippen molar-refractivity contribution in [3.8, 4) is 23.6 Å². The summed E-state index contributed by atoms with van der Waals surface area (Å²) >= 11 is 0. The second-order valence-corrected chi connectivity index (χ2v) is 18.4. The molecule has 0 atom stereocenters. The molecule has 0 fully saturated rings. The van der Waals surface area contributed by atoms with Crippen molar-refractivity contribution in [2.45, 2.75) is 117 Å². The summed E-state index contributed by atoms with van der Waals surface area (Å²) in [7, 11) is 0. The molecular formula is C48H58N4O2. The van der Waals surface area contributed by atoms with Gasteiger partial charge in [-0.3, -0.25) is 0 Å². The number of benzene rings is 3. The molecule has 7 rings (SSSR count). The molecule has 4 heterocycles. The van der Waals surface area contributed by atoms with E-state index >= 15 is 0 Å². The fourth-order valence-electron chi connectivity index (χ4n) is 9.45. The monoisotopic (exact) mass is 722 g/mol. The minimum atomic E-state index is -0.0369. The predicted molar refractivity (Wildman–Crippen MR) is 224 cm³/mol. The lowest BCUT2D eigenvalue weighted by molar-refractivity contribution is 0.317. The fourth-order valence-corrected chi connectivity index (χ4v) is 9.45. The van der Waals surface area contributed by atoms with Crippen molar-refractivity contribution in [3.63, 3.8) is 0 Å². The Kier molecular flexibility index (Phi) is 9.45. The Morgan fingerprint density at radius 2 is 0.870 bits per heavy atom. The zero-order chi connectivity index (χ0) is 38.8. The first-order chi connectivity index (χ1) is 25.6. The van der Waals surface area contributed by atoms with Crippen molar-refractivity contribution < 1.29 is 9.47 Å². The molecule has 0 bridgehead atoms. The zero-order valence-electron chi connectivity index (χ0n) is 34.3. The van der Waals surface area contributed by atoms with E-state index in [0.717, 1.165) is 85.6 Å². The van der Waals surface area contributed by atoms with Crippen LogP contribution in [0, 0.1) is 22.7 Å². The van der Waals surface area contributed by atoms with Gasteiger partial charge in [0.1, 0.15) is 11.5 Å². The Balaban J connectivity index is 1.32. The summed E-state index contributed by atoms with van der Waals surface area (Å²) in [6, 6.07) is 13.2. The van der Waals surface area contributed by atoms with E-state index in [4.69, 9.17) is 9.47 Å². The molecule has 54 heavy (non-hydrogen) atoms. The van der Waals surface area contributed by atoms with Gasteiger partial charge in [-0.1, -0.05) is 79.7 Å². The van der Waals surface area contributed by atoms with Crippen LogP contribution < -0.4 is 19.3 Å². The third-order valence-corrected chi connectivity index (χ3v) is 13.0. The fraction of sp³-hybridized carbons (Fsp3) is 0.500. The van der Waals surface area contributed by atoms with Crippen molar-refractivity contribution in [2.24, 2.45) is 0 Å². The molecule has 0 aliphatic carbocycles. The van der Waals surface area contributed by atoms with E-state index < -0.39 is 0 Å². The standard InChI is InChI=1S/C48H58N4O2/c1-11-53-43-33(27-37-41-39(43)47(7,8)19-23-51(41)21-17-45(37,3)4)15-13-31-25-36(30-50)32(26-35(31)29-49)14-16-34-28-38-42-40(44(34)54-12-2)48(9,10)20-24-52(42)22-18-46(38,5)6/h13-16,25-28H,11-12,17-24H2,1-10H3. The van der Waals surface area contributed by atoms with Gasteiger partial charge in [0.25, 0.3) is 0 Å². The summed E-state index contributed by atoms with van der Waals surface area (Å²) in [5.41, 5.74) is 12.5. The summed E-state index contributed by atoms with van der Waals surface area (Å²) in [4.78, 5) is 5.12. The van der Waals surface area contributed by atoms with Crippen LogP contribution in [0.2, 0.25) is 0 Å². The normalized spacial score (nSPS) is 19.9. The number of hydrogen-bond acceptors (Lipinski definition) is 6. The Morgan fingerprint density at radius 3 is 1.20 bits per heavy atom. The number of hydrogen-bond donors (Lipinski definition) is 0. The van der Waals surface area contributed by atoms with E-state index in [9.17, 15) is 10.5 Å². The number of rotatable bonds is 8. The van der Waals surface area contributed by atoms with Gasteiger partial charge < -0.3 is 19.3 Å². The van der Waals surface area contributed by atoms with Crippen LogP contribution in [-0.4, -0.2) is 39.4 Å². The molecule has 0 radical (unpaired) electrons. The summed E-state index contributed by atoms with van der Waals surface area (Å²) in [5, 5.41) is 20.9. The summed E-state index contributed by atoms with van der Waals surface area (Å²) in [5.74, 6) is 1.87. The molecule has 0 amide bonds. The lowest BCUT2D eigenvalue weighted by Gasteiger charge is -2.48. The number of anilines is 2. The number of ether oxygens (including phenoxy) is 2. The molecule has 3 aromatic rings. The van der Waals surface area contributed by atoms with Gasteiger partial charge >= 0.3 is 0 Å². The average Bonchev–Trinajstić information content (AvgIpc) is 3.12. The van der Waals surface area contributed by atoms with Gasteiger partial charge in [0, 0.05) is 59.8 Å². The topological polar surface area (TPSA) is 72.5 Å². The van der Waals surface area contributed by atoms with Crippen molar-refractivity contribution in [1.82, 2.24) is 0 Å². The first kappa shape index (κ1) is 37.6. The van der Waals surface area contributed by atoms with Gasteiger partial charge in [0.15, 0.2) is 0 Å². The Bertz CT molecular complexity index is 2000. The predicted octanol–water partition coefficient (Wildman–Crippen LogP) is 10.9. The Morgan fingerprint density at radius 1 is 0.537 bits per heavy atom. The zero-order valence-corrected chi connectivity index (χ0v) is 34.3. The molecule has 0 N–H and O–H groups in total. The quantitative estimate of drug-likeness (QED) is 0.216. The van der Waals surface area contributed by atoms with Crippen LogP contribution in [0.5, 0.6) is 11.5 Å². The minimum absolute atomic E-state index is 0.0316. The maximum atomic E-state index is 10.5. The van der Waals surface area contributed by atoms with E-state index in [-0.39, 0.29) is 21.7 Å². The molecule has 4 aliphatic rings. The van der Waals surface area contributed by atoms with Crippen molar-refractivity contribution in [3.05, 3.63) is 79.9 Å². The molecule has 6 heteroatoms. The highest BCUT2D eigenvalue weighted by Crippen LogP contribution is 2.55. The van der Waals surface area contributed by atoms with Gasteiger partial charge in [-0.2, -0.15) is 10.5 Å². The maximum Gasteiger partial charge on any atom is 0.132 e. The molecule has 0 saturated carbocycles. The number of nitrogens with zero attached hydrogens (tertiary/aromatic N) is 4. The van der Waals surface area contributed by atoms with E-state index in [0.29, 0.717) is 24.3 Å². The number of nitriles is 2. The third kappa shape index (κ3) is 6.26. The highest BCUT2D eigenvalue weighted by atomic mass is 16.5. The minimum Gasteiger partial charge on any atom is -0.493 e. The summed E-state index contributed by atoms with van der Waals surface area (Å²) in [6.07, 6.45) is 12.5. The van der Waals surface area contributed by atoms with Crippen LogP contribution in [0.3, 0.4) is 0 Å². The van der Waals surface area contributed by atoms with Crippen LogP contribution in [0.1, 0.15) is 151 Å². The highest BCUT2D eigenvalue weighted by molar-refractivity contribution is 5.85. The molecule has 0 aromatic heterocycles. The molecule has 0 saturated heterocycles. The molecular weight excluding hydrogens is 665 g/mol. The van der Waals surface area contributed by atoms with Crippen molar-refractivity contribution in [1.29, 1.82) is 10.5 Å². The largest absolute Gasteiger partial charge is 0.493 e. The Labute approximate surface area is 324 Å². The second kappa shape index (κ2) is 13.6. The van der Waals surface area contributed by atoms with Crippen LogP contribution in [0.25, 0.3) is 24.3 Å². The molecule has 6 nitrogen and oxygen atoms in total. The van der Waals surface area contributed by atoms with Gasteiger partial charge in [0.2, 0.25) is 0 Å². The van der Waals surface area contributed by atoms with Crippen LogP contribution in [-0.2, 0) is 21.7 Å². The van der Waals surface area contributed by atoms with Gasteiger partial charge in [-0.25, -0.2) is 0 Å². The summed E-state index contributed by atoms with van der Waals surface area (Å²) in [6.45, 7) is 28.2. The molecule has 282 valence electrons. The second-order valence-electron chi connectivity index (χ2n) is 18.4. The van der Waals surface area contributed by atoms with E-state index in [1.165, 1.54) is 33.6 Å². The SMILES string of the molecule is CCOc1c(C=Cc2cc(C#N)c(C=Cc3cc4c5c(c3OCC)C(C)(C)CCN5CCC4(C)C)cc2C#N)cc2c3c1C(C)(C)CCN3CCC2(C)C. The lowest BCUT2D eigenvalue weighted by atomic mass is 9.68. The Hall–Kier alpha value is -4.68. The molecule has 3 aromatic carbocycles. The van der Waals surface area contributed by atoms with Gasteiger partial charge in [0.05, 0.1) is 36.5 Å². The molecule has 4 aliphatic heterocycles. The van der Waals surface area contributed by atoms with E-state index in [1.807, 2.05) is 38.1 Å². The molecule has 0 spiro atoms. The first-order valence-corrected chi connectivity index (χ1v) is 20.1. The summed E-state index contributed by atoms with van der Waals surface area (Å²) < 4.78 is 13.0. The molecule has 0 unspecified atom stereocenters. The highest BCUT2D eigenvalue weighted by Gasteiger charge is 2.44.